The summed E-state index contributed by atoms with van der Waals surface area (Å²) < 4.78 is 0. The van der Waals surface area contributed by atoms with Gasteiger partial charge in [0.2, 0.25) is 0 Å². The highest BCUT2D eigenvalue weighted by Crippen LogP contribution is 2.44. The molecule has 3 N–H and O–H groups in total. The minimum atomic E-state index is -2.48. The van der Waals surface area contributed by atoms with Crippen molar-refractivity contribution in [2.75, 3.05) is 0 Å². The first-order chi connectivity index (χ1) is 21.3. The zero-order chi connectivity index (χ0) is 33.2. The molecule has 4 rings (SSSR count). The normalized spacial score (nSPS) is 15.0. The first-order valence-corrected chi connectivity index (χ1v) is 13.9. The number of carboxylic acid groups (broad SMARTS) is 3. The molecule has 9 heteroatoms. The first kappa shape index (κ1) is 32.2. The number of hydrogen-bond acceptors (Lipinski definition) is 6. The summed E-state index contributed by atoms with van der Waals surface area (Å²) in [4.78, 5) is 80.5. The molecule has 3 atom stereocenters. The molecule has 0 aromatic heterocycles. The summed E-state index contributed by atoms with van der Waals surface area (Å²) in [5.41, 5.74) is -8.44. The number of carboxylic acids is 3. The van der Waals surface area contributed by atoms with Crippen LogP contribution in [0.25, 0.3) is 0 Å². The molecule has 0 bridgehead atoms. The minimum Gasteiger partial charge on any atom is -0.480 e. The van der Waals surface area contributed by atoms with Crippen LogP contribution in [0.15, 0.2) is 109 Å². The fraction of sp³-hybridized carbons (Fsp3) is 0.167. The lowest BCUT2D eigenvalue weighted by atomic mass is 9.63. The van der Waals surface area contributed by atoms with E-state index in [1.54, 1.807) is 18.2 Å². The van der Waals surface area contributed by atoms with Crippen LogP contribution in [0.4, 0.5) is 0 Å². The van der Waals surface area contributed by atoms with Crippen LogP contribution in [0.5, 0.6) is 0 Å². The van der Waals surface area contributed by atoms with E-state index >= 15 is 0 Å². The Morgan fingerprint density at radius 3 is 0.733 bits per heavy atom. The van der Waals surface area contributed by atoms with Gasteiger partial charge in [-0.1, -0.05) is 109 Å². The molecule has 0 amide bonds. The summed E-state index contributed by atoms with van der Waals surface area (Å²) in [6, 6.07) is 25.7. The Bertz CT molecular complexity index is 1540. The molecule has 45 heavy (non-hydrogen) atoms. The summed E-state index contributed by atoms with van der Waals surface area (Å²) in [7, 11) is 0. The predicted molar refractivity (Wildman–Crippen MR) is 163 cm³/mol. The molecule has 0 heterocycles. The van der Waals surface area contributed by atoms with Gasteiger partial charge in [0.05, 0.1) is 0 Å². The van der Waals surface area contributed by atoms with Gasteiger partial charge in [-0.15, -0.1) is 0 Å². The van der Waals surface area contributed by atoms with E-state index in [0.29, 0.717) is 0 Å². The molecule has 4 aromatic rings. The Balaban J connectivity index is 2.34. The van der Waals surface area contributed by atoms with Crippen molar-refractivity contribution in [2.45, 2.75) is 37.0 Å². The number of ketones is 3. The first-order valence-electron chi connectivity index (χ1n) is 13.9. The van der Waals surface area contributed by atoms with E-state index in [1.165, 1.54) is 72.8 Å². The molecule has 0 spiro atoms. The highest BCUT2D eigenvalue weighted by atomic mass is 16.4. The van der Waals surface area contributed by atoms with E-state index < -0.39 is 51.5 Å². The molecule has 0 fully saturated rings. The van der Waals surface area contributed by atoms with Crippen LogP contribution in [-0.2, 0) is 45.0 Å². The lowest BCUT2D eigenvalue weighted by molar-refractivity contribution is -0.147. The average molecular weight is 607 g/mol. The molecule has 0 aliphatic carbocycles. The maximum Gasteiger partial charge on any atom is 0.326 e. The smallest absolute Gasteiger partial charge is 0.326 e. The molecule has 3 unspecified atom stereocenters. The molecular weight excluding hydrogens is 576 g/mol. The van der Waals surface area contributed by atoms with E-state index in [1.807, 2.05) is 0 Å². The Hall–Kier alpha value is -5.70. The molecule has 228 valence electrons. The van der Waals surface area contributed by atoms with Crippen LogP contribution >= 0.6 is 0 Å². The van der Waals surface area contributed by atoms with Crippen LogP contribution in [0.2, 0.25) is 0 Å². The van der Waals surface area contributed by atoms with Gasteiger partial charge in [0.1, 0.15) is 0 Å². The van der Waals surface area contributed by atoms with E-state index in [0.717, 1.165) is 39.0 Å². The summed E-state index contributed by atoms with van der Waals surface area (Å²) in [5, 5.41) is 32.3. The monoisotopic (exact) mass is 606 g/mol. The Labute approximate surface area is 258 Å². The van der Waals surface area contributed by atoms with Crippen LogP contribution in [0.1, 0.15) is 54.2 Å². The summed E-state index contributed by atoms with van der Waals surface area (Å²) in [6.07, 6.45) is 0. The van der Waals surface area contributed by atoms with Gasteiger partial charge in [0, 0.05) is 0 Å². The SMILES string of the molecule is CC(=O)C(C(=O)O)(c1ccccc1)c1cc(C(C(C)=O)(C(=O)O)c2ccccc2)cc(C(C(C)=O)(C(=O)O)c2ccccc2)c1. The van der Waals surface area contributed by atoms with Crippen molar-refractivity contribution in [3.05, 3.63) is 143 Å². The average Bonchev–Trinajstić information content (AvgIpc) is 2.99. The van der Waals surface area contributed by atoms with E-state index in [4.69, 9.17) is 0 Å². The van der Waals surface area contributed by atoms with Crippen LogP contribution < -0.4 is 0 Å². The molecule has 9 nitrogen and oxygen atoms in total. The van der Waals surface area contributed by atoms with Crippen molar-refractivity contribution >= 4 is 35.3 Å². The van der Waals surface area contributed by atoms with Gasteiger partial charge in [-0.05, 0) is 54.2 Å². The van der Waals surface area contributed by atoms with Gasteiger partial charge in [-0.2, -0.15) is 0 Å². The van der Waals surface area contributed by atoms with Gasteiger partial charge in [0.25, 0.3) is 0 Å². The second kappa shape index (κ2) is 12.1. The third-order valence-corrected chi connectivity index (χ3v) is 8.40. The lowest BCUT2D eigenvalue weighted by Gasteiger charge is -2.35. The maximum atomic E-state index is 13.6. The van der Waals surface area contributed by atoms with Gasteiger partial charge in [0.15, 0.2) is 33.6 Å². The van der Waals surface area contributed by atoms with Crippen molar-refractivity contribution in [1.82, 2.24) is 0 Å². The standard InChI is InChI=1S/C36H30O9/c1-22(37)34(31(40)41,25-13-7-4-8-14-25)28-19-29(35(23(2)38,32(42)43)26-15-9-5-10-16-26)21-30(20-28)36(24(3)39,33(44)45)27-17-11-6-12-18-27/h4-21H,1-3H3,(H,40,41)(H,42,43)(H,44,45). The summed E-state index contributed by atoms with van der Waals surface area (Å²) >= 11 is 0. The van der Waals surface area contributed by atoms with E-state index in [9.17, 15) is 44.1 Å². The minimum absolute atomic E-state index is 0.0000206. The van der Waals surface area contributed by atoms with Crippen molar-refractivity contribution in [2.24, 2.45) is 0 Å². The molecule has 0 radical (unpaired) electrons. The molecule has 4 aromatic carbocycles. The molecular formula is C36H30O9. The zero-order valence-electron chi connectivity index (χ0n) is 24.7. The van der Waals surface area contributed by atoms with Crippen molar-refractivity contribution in [3.63, 3.8) is 0 Å². The lowest BCUT2D eigenvalue weighted by Crippen LogP contribution is -2.48. The number of aliphatic carboxylic acids is 3. The highest BCUT2D eigenvalue weighted by Gasteiger charge is 2.54. The fourth-order valence-electron chi connectivity index (χ4n) is 6.25. The van der Waals surface area contributed by atoms with Crippen LogP contribution in [0.3, 0.4) is 0 Å². The molecule has 0 saturated heterocycles. The third kappa shape index (κ3) is 4.82. The second-order valence-electron chi connectivity index (χ2n) is 10.7. The van der Waals surface area contributed by atoms with E-state index in [2.05, 4.69) is 0 Å². The van der Waals surface area contributed by atoms with Crippen molar-refractivity contribution in [1.29, 1.82) is 0 Å². The quantitative estimate of drug-likeness (QED) is 0.196. The van der Waals surface area contributed by atoms with Crippen LogP contribution in [-0.4, -0.2) is 50.6 Å². The highest BCUT2D eigenvalue weighted by molar-refractivity contribution is 6.15. The second-order valence-corrected chi connectivity index (χ2v) is 10.7. The number of Topliss-reactive ketones (excluding diaryl/α,β-unsaturated/α-hetero) is 3. The Morgan fingerprint density at radius 1 is 0.378 bits per heavy atom. The molecule has 0 aliphatic rings. The fourth-order valence-corrected chi connectivity index (χ4v) is 6.25. The largest absolute Gasteiger partial charge is 0.480 e. The molecule has 0 saturated carbocycles. The Kier molecular flexibility index (Phi) is 8.68. The predicted octanol–water partition coefficient (Wildman–Crippen LogP) is 4.57. The zero-order valence-corrected chi connectivity index (χ0v) is 24.7. The van der Waals surface area contributed by atoms with Crippen molar-refractivity contribution < 1.29 is 44.1 Å². The maximum absolute atomic E-state index is 13.6. The van der Waals surface area contributed by atoms with Gasteiger partial charge >= 0.3 is 17.9 Å². The van der Waals surface area contributed by atoms with Gasteiger partial charge in [-0.3, -0.25) is 28.8 Å². The number of carbonyl (C=O) groups excluding carboxylic acids is 3. The topological polar surface area (TPSA) is 163 Å². The van der Waals surface area contributed by atoms with Gasteiger partial charge in [-0.25, -0.2) is 0 Å². The number of hydrogen-bond donors (Lipinski definition) is 3. The Morgan fingerprint density at radius 2 is 0.578 bits per heavy atom. The summed E-state index contributed by atoms with van der Waals surface area (Å²) in [5.74, 6) is -7.52. The summed E-state index contributed by atoms with van der Waals surface area (Å²) in [6.45, 7) is 3.14. The number of benzene rings is 4. The number of rotatable bonds is 12. The van der Waals surface area contributed by atoms with Crippen LogP contribution in [0, 0.1) is 0 Å². The van der Waals surface area contributed by atoms with Gasteiger partial charge < -0.3 is 15.3 Å². The third-order valence-electron chi connectivity index (χ3n) is 8.40. The van der Waals surface area contributed by atoms with Crippen molar-refractivity contribution in [3.8, 4) is 0 Å². The molecule has 0 aliphatic heterocycles. The van der Waals surface area contributed by atoms with E-state index in [-0.39, 0.29) is 33.4 Å². The number of carbonyl (C=O) groups is 6.